The Morgan fingerprint density at radius 1 is 1.18 bits per heavy atom. The molecule has 2 rings (SSSR count). The van der Waals surface area contributed by atoms with E-state index in [-0.39, 0.29) is 17.2 Å². The SMILES string of the molecule is CC(C)(C)CC(=O)NCCNC(=O)c1ccc2nc[nH]c2c1. The molecule has 1 heterocycles. The Bertz CT molecular complexity index is 670. The third-order valence-corrected chi connectivity index (χ3v) is 3.11. The van der Waals surface area contributed by atoms with Crippen LogP contribution in [0.2, 0.25) is 0 Å². The van der Waals surface area contributed by atoms with Gasteiger partial charge in [-0.05, 0) is 23.6 Å². The fourth-order valence-corrected chi connectivity index (χ4v) is 2.10. The van der Waals surface area contributed by atoms with Crippen molar-refractivity contribution in [1.82, 2.24) is 20.6 Å². The Morgan fingerprint density at radius 2 is 1.91 bits per heavy atom. The summed E-state index contributed by atoms with van der Waals surface area (Å²) < 4.78 is 0. The summed E-state index contributed by atoms with van der Waals surface area (Å²) >= 11 is 0. The van der Waals surface area contributed by atoms with Crippen LogP contribution in [0.25, 0.3) is 11.0 Å². The highest BCUT2D eigenvalue weighted by atomic mass is 16.2. The van der Waals surface area contributed by atoms with Crippen LogP contribution in [0.15, 0.2) is 24.5 Å². The van der Waals surface area contributed by atoms with Gasteiger partial charge >= 0.3 is 0 Å². The van der Waals surface area contributed by atoms with Gasteiger partial charge in [0, 0.05) is 25.1 Å². The molecule has 22 heavy (non-hydrogen) atoms. The summed E-state index contributed by atoms with van der Waals surface area (Å²) in [6, 6.07) is 5.29. The van der Waals surface area contributed by atoms with Crippen LogP contribution in [-0.2, 0) is 4.79 Å². The molecule has 0 atom stereocenters. The molecule has 0 aliphatic rings. The molecule has 0 aliphatic carbocycles. The minimum atomic E-state index is -0.165. The number of hydrogen-bond acceptors (Lipinski definition) is 3. The number of hydrogen-bond donors (Lipinski definition) is 3. The number of fused-ring (bicyclic) bond motifs is 1. The zero-order valence-electron chi connectivity index (χ0n) is 13.2. The zero-order chi connectivity index (χ0) is 16.2. The normalized spacial score (nSPS) is 11.4. The Kier molecular flexibility index (Phi) is 4.80. The highest BCUT2D eigenvalue weighted by molar-refractivity contribution is 5.97. The van der Waals surface area contributed by atoms with E-state index in [4.69, 9.17) is 0 Å². The quantitative estimate of drug-likeness (QED) is 0.737. The van der Waals surface area contributed by atoms with Gasteiger partial charge in [-0.25, -0.2) is 4.98 Å². The van der Waals surface area contributed by atoms with Crippen LogP contribution in [-0.4, -0.2) is 34.9 Å². The Balaban J connectivity index is 1.77. The predicted octanol–water partition coefficient (Wildman–Crippen LogP) is 1.85. The van der Waals surface area contributed by atoms with Gasteiger partial charge in [0.15, 0.2) is 0 Å². The van der Waals surface area contributed by atoms with Gasteiger partial charge in [-0.2, -0.15) is 0 Å². The molecule has 0 radical (unpaired) electrons. The lowest BCUT2D eigenvalue weighted by Crippen LogP contribution is -2.35. The number of carbonyl (C=O) groups is 2. The molecule has 1 aromatic carbocycles. The molecule has 118 valence electrons. The molecule has 0 aliphatic heterocycles. The maximum Gasteiger partial charge on any atom is 0.251 e. The van der Waals surface area contributed by atoms with E-state index in [1.54, 1.807) is 24.5 Å². The van der Waals surface area contributed by atoms with Gasteiger partial charge < -0.3 is 15.6 Å². The predicted molar refractivity (Wildman–Crippen MR) is 85.5 cm³/mol. The zero-order valence-corrected chi connectivity index (χ0v) is 13.2. The number of carbonyl (C=O) groups excluding carboxylic acids is 2. The summed E-state index contributed by atoms with van der Waals surface area (Å²) in [5, 5.41) is 5.59. The number of imidazole rings is 1. The fourth-order valence-electron chi connectivity index (χ4n) is 2.10. The van der Waals surface area contributed by atoms with E-state index in [1.165, 1.54) is 0 Å². The van der Waals surface area contributed by atoms with Crippen molar-refractivity contribution in [3.8, 4) is 0 Å². The first-order chi connectivity index (χ1) is 10.3. The van der Waals surface area contributed by atoms with Crippen LogP contribution in [0.3, 0.4) is 0 Å². The second-order valence-electron chi connectivity index (χ2n) is 6.48. The number of rotatable bonds is 5. The van der Waals surface area contributed by atoms with E-state index >= 15 is 0 Å². The molecule has 1 aromatic heterocycles. The lowest BCUT2D eigenvalue weighted by molar-refractivity contribution is -0.122. The first kappa shape index (κ1) is 16.0. The van der Waals surface area contributed by atoms with Crippen LogP contribution in [0.4, 0.5) is 0 Å². The number of nitrogens with one attached hydrogen (secondary N) is 3. The number of aromatic nitrogens is 2. The molecule has 2 amide bonds. The smallest absolute Gasteiger partial charge is 0.251 e. The number of benzene rings is 1. The molecule has 0 fully saturated rings. The average molecular weight is 302 g/mol. The minimum absolute atomic E-state index is 0.000582. The Labute approximate surface area is 129 Å². The Morgan fingerprint density at radius 3 is 2.64 bits per heavy atom. The van der Waals surface area contributed by atoms with Crippen molar-refractivity contribution in [3.05, 3.63) is 30.1 Å². The average Bonchev–Trinajstić information content (AvgIpc) is 2.88. The van der Waals surface area contributed by atoms with Crippen LogP contribution in [0.1, 0.15) is 37.6 Å². The van der Waals surface area contributed by atoms with Gasteiger partial charge in [-0.1, -0.05) is 20.8 Å². The molecule has 6 heteroatoms. The molecule has 0 bridgehead atoms. The molecule has 0 unspecified atom stereocenters. The van der Waals surface area contributed by atoms with Crippen molar-refractivity contribution in [1.29, 1.82) is 0 Å². The van der Waals surface area contributed by atoms with E-state index in [2.05, 4.69) is 20.6 Å². The van der Waals surface area contributed by atoms with Crippen LogP contribution in [0, 0.1) is 5.41 Å². The summed E-state index contributed by atoms with van der Waals surface area (Å²) in [4.78, 5) is 30.8. The summed E-state index contributed by atoms with van der Waals surface area (Å²) in [6.07, 6.45) is 2.06. The summed E-state index contributed by atoms with van der Waals surface area (Å²) in [5.74, 6) is -0.165. The first-order valence-electron chi connectivity index (χ1n) is 7.33. The second-order valence-corrected chi connectivity index (χ2v) is 6.48. The lowest BCUT2D eigenvalue weighted by atomic mass is 9.92. The molecule has 2 aromatic rings. The minimum Gasteiger partial charge on any atom is -0.354 e. The van der Waals surface area contributed by atoms with Crippen molar-refractivity contribution >= 4 is 22.8 Å². The van der Waals surface area contributed by atoms with Crippen molar-refractivity contribution in [3.63, 3.8) is 0 Å². The molecule has 0 saturated carbocycles. The summed E-state index contributed by atoms with van der Waals surface area (Å²) in [5.41, 5.74) is 2.18. The van der Waals surface area contributed by atoms with E-state index in [1.807, 2.05) is 20.8 Å². The standard InChI is InChI=1S/C16H22N4O2/c1-16(2,3)9-14(21)17-6-7-18-15(22)11-4-5-12-13(8-11)20-10-19-12/h4-5,8,10H,6-7,9H2,1-3H3,(H,17,21)(H,18,22)(H,19,20). The molecule has 0 spiro atoms. The van der Waals surface area contributed by atoms with Crippen LogP contribution >= 0.6 is 0 Å². The van der Waals surface area contributed by atoms with Gasteiger partial charge in [-0.15, -0.1) is 0 Å². The number of H-pyrrole nitrogens is 1. The Hall–Kier alpha value is -2.37. The van der Waals surface area contributed by atoms with Gasteiger partial charge in [0.1, 0.15) is 0 Å². The summed E-state index contributed by atoms with van der Waals surface area (Å²) in [6.45, 7) is 6.86. The lowest BCUT2D eigenvalue weighted by Gasteiger charge is -2.17. The molecular formula is C16H22N4O2. The topological polar surface area (TPSA) is 86.9 Å². The molecular weight excluding hydrogens is 280 g/mol. The van der Waals surface area contributed by atoms with E-state index in [0.717, 1.165) is 11.0 Å². The van der Waals surface area contributed by atoms with Crippen molar-refractivity contribution in [2.75, 3.05) is 13.1 Å². The number of aromatic amines is 1. The van der Waals surface area contributed by atoms with Crippen molar-refractivity contribution < 1.29 is 9.59 Å². The fraction of sp³-hybridized carbons (Fsp3) is 0.438. The van der Waals surface area contributed by atoms with Crippen molar-refractivity contribution in [2.24, 2.45) is 5.41 Å². The monoisotopic (exact) mass is 302 g/mol. The van der Waals surface area contributed by atoms with E-state index < -0.39 is 0 Å². The molecule has 3 N–H and O–H groups in total. The summed E-state index contributed by atoms with van der Waals surface area (Å²) in [7, 11) is 0. The van der Waals surface area contributed by atoms with Gasteiger partial charge in [0.05, 0.1) is 17.4 Å². The number of amides is 2. The highest BCUT2D eigenvalue weighted by Crippen LogP contribution is 2.17. The van der Waals surface area contributed by atoms with Gasteiger partial charge in [-0.3, -0.25) is 9.59 Å². The van der Waals surface area contributed by atoms with Gasteiger partial charge in [0.25, 0.3) is 5.91 Å². The first-order valence-corrected chi connectivity index (χ1v) is 7.33. The van der Waals surface area contributed by atoms with Crippen molar-refractivity contribution in [2.45, 2.75) is 27.2 Å². The third kappa shape index (κ3) is 4.58. The van der Waals surface area contributed by atoms with Gasteiger partial charge in [0.2, 0.25) is 5.91 Å². The van der Waals surface area contributed by atoms with Crippen LogP contribution in [0.5, 0.6) is 0 Å². The van der Waals surface area contributed by atoms with E-state index in [9.17, 15) is 9.59 Å². The largest absolute Gasteiger partial charge is 0.354 e. The maximum absolute atomic E-state index is 12.0. The number of nitrogens with zero attached hydrogens (tertiary/aromatic N) is 1. The third-order valence-electron chi connectivity index (χ3n) is 3.11. The maximum atomic E-state index is 12.0. The second kappa shape index (κ2) is 6.60. The molecule has 6 nitrogen and oxygen atoms in total. The van der Waals surface area contributed by atoms with Crippen LogP contribution < -0.4 is 10.6 Å². The van der Waals surface area contributed by atoms with E-state index in [0.29, 0.717) is 25.1 Å². The molecule has 0 saturated heterocycles. The highest BCUT2D eigenvalue weighted by Gasteiger charge is 2.15.